The number of amides is 1. The van der Waals surface area contributed by atoms with Gasteiger partial charge in [0.25, 0.3) is 0 Å². The zero-order chi connectivity index (χ0) is 9.14. The summed E-state index contributed by atoms with van der Waals surface area (Å²) in [5.74, 6) is 4.41. The number of nitrogens with two attached hydrogens (primary N) is 1. The van der Waals surface area contributed by atoms with Crippen LogP contribution in [0.5, 0.6) is 0 Å². The maximum absolute atomic E-state index is 11.0. The zero-order valence-electron chi connectivity index (χ0n) is 6.73. The van der Waals surface area contributed by atoms with Crippen molar-refractivity contribution in [3.8, 4) is 0 Å². The Hall–Kier alpha value is -0.650. The molecule has 1 fully saturated rings. The average Bonchev–Trinajstić information content (AvgIpc) is 2.51. The van der Waals surface area contributed by atoms with E-state index in [-0.39, 0.29) is 17.7 Å². The van der Waals surface area contributed by atoms with E-state index in [1.165, 1.54) is 0 Å². The van der Waals surface area contributed by atoms with Crippen molar-refractivity contribution in [2.24, 2.45) is 17.7 Å². The molecule has 0 radical (unpaired) electrons. The molecule has 1 aliphatic rings. The highest BCUT2D eigenvalue weighted by molar-refractivity contribution is 5.78. The molecule has 0 aromatic heterocycles. The molecule has 12 heavy (non-hydrogen) atoms. The first-order valence-electron chi connectivity index (χ1n) is 4.01. The third-order valence-corrected chi connectivity index (χ3v) is 2.41. The fraction of sp³-hybridized carbons (Fsp3) is 0.857. The number of carbonyl (C=O) groups excluding carboxylic acids is 1. The van der Waals surface area contributed by atoms with Crippen LogP contribution in [0.4, 0.5) is 0 Å². The van der Waals surface area contributed by atoms with Crippen molar-refractivity contribution in [1.29, 1.82) is 0 Å². The first-order valence-corrected chi connectivity index (χ1v) is 4.01. The third kappa shape index (κ3) is 1.94. The topological polar surface area (TPSA) is 95.6 Å². The van der Waals surface area contributed by atoms with Gasteiger partial charge in [0.15, 0.2) is 6.29 Å². The molecule has 1 aliphatic carbocycles. The van der Waals surface area contributed by atoms with Crippen LogP contribution >= 0.6 is 0 Å². The van der Waals surface area contributed by atoms with Crippen LogP contribution in [0.3, 0.4) is 0 Å². The standard InChI is InChI=1S/C7H14N2O3/c8-9-6(10)4-1-2-5(3-4)7(11)12/h4-5,7,11-12H,1-3,8H2,(H,9,10). The Labute approximate surface area is 70.5 Å². The Morgan fingerprint density at radius 1 is 1.50 bits per heavy atom. The SMILES string of the molecule is NNC(=O)C1CCC(C(O)O)C1. The molecule has 0 spiro atoms. The third-order valence-electron chi connectivity index (χ3n) is 2.41. The molecule has 1 amide bonds. The van der Waals surface area contributed by atoms with Crippen LogP contribution < -0.4 is 11.3 Å². The van der Waals surface area contributed by atoms with E-state index >= 15 is 0 Å². The van der Waals surface area contributed by atoms with Crippen molar-refractivity contribution in [2.75, 3.05) is 0 Å². The average molecular weight is 174 g/mol. The minimum Gasteiger partial charge on any atom is -0.368 e. The van der Waals surface area contributed by atoms with Gasteiger partial charge in [-0.15, -0.1) is 0 Å². The van der Waals surface area contributed by atoms with Crippen molar-refractivity contribution in [3.05, 3.63) is 0 Å². The molecule has 0 bridgehead atoms. The molecule has 0 saturated heterocycles. The minimum atomic E-state index is -1.31. The van der Waals surface area contributed by atoms with E-state index in [4.69, 9.17) is 16.1 Å². The predicted molar refractivity (Wildman–Crippen MR) is 41.4 cm³/mol. The number of aliphatic hydroxyl groups excluding tert-OH is 1. The maximum atomic E-state index is 11.0. The summed E-state index contributed by atoms with van der Waals surface area (Å²) in [6.07, 6.45) is 0.572. The Bertz CT molecular complexity index is 172. The van der Waals surface area contributed by atoms with Crippen LogP contribution in [0.25, 0.3) is 0 Å². The quantitative estimate of drug-likeness (QED) is 0.181. The Balaban J connectivity index is 2.40. The predicted octanol–water partition coefficient (Wildman–Crippen LogP) is -1.30. The van der Waals surface area contributed by atoms with Gasteiger partial charge in [-0.1, -0.05) is 0 Å². The normalized spacial score (nSPS) is 29.3. The largest absolute Gasteiger partial charge is 0.368 e. The van der Waals surface area contributed by atoms with E-state index in [0.29, 0.717) is 19.3 Å². The van der Waals surface area contributed by atoms with Crippen molar-refractivity contribution in [1.82, 2.24) is 5.43 Å². The van der Waals surface area contributed by atoms with Crippen LogP contribution in [0.15, 0.2) is 0 Å². The highest BCUT2D eigenvalue weighted by Crippen LogP contribution is 2.32. The molecule has 1 rings (SSSR count). The van der Waals surface area contributed by atoms with E-state index in [0.717, 1.165) is 0 Å². The fourth-order valence-corrected chi connectivity index (χ4v) is 1.64. The number of aliphatic hydroxyl groups is 2. The lowest BCUT2D eigenvalue weighted by atomic mass is 10.0. The monoisotopic (exact) mass is 174 g/mol. The van der Waals surface area contributed by atoms with E-state index in [9.17, 15) is 4.79 Å². The number of carbonyl (C=O) groups is 1. The van der Waals surface area contributed by atoms with Crippen molar-refractivity contribution < 1.29 is 15.0 Å². The highest BCUT2D eigenvalue weighted by Gasteiger charge is 2.32. The van der Waals surface area contributed by atoms with Gasteiger partial charge in [0.1, 0.15) is 0 Å². The Morgan fingerprint density at radius 3 is 2.58 bits per heavy atom. The summed E-state index contributed by atoms with van der Waals surface area (Å²) in [7, 11) is 0. The molecule has 1 saturated carbocycles. The summed E-state index contributed by atoms with van der Waals surface area (Å²) >= 11 is 0. The lowest BCUT2D eigenvalue weighted by molar-refractivity contribution is -0.125. The van der Waals surface area contributed by atoms with Gasteiger partial charge < -0.3 is 10.2 Å². The first-order chi connectivity index (χ1) is 5.65. The Kier molecular flexibility index (Phi) is 3.02. The Morgan fingerprint density at radius 2 is 2.17 bits per heavy atom. The maximum Gasteiger partial charge on any atom is 0.236 e. The van der Waals surface area contributed by atoms with Gasteiger partial charge in [-0.2, -0.15) is 0 Å². The van der Waals surface area contributed by atoms with Crippen LogP contribution in [-0.4, -0.2) is 22.4 Å². The summed E-state index contributed by atoms with van der Waals surface area (Å²) in [5, 5.41) is 17.6. The van der Waals surface area contributed by atoms with Crippen molar-refractivity contribution in [2.45, 2.75) is 25.6 Å². The summed E-state index contributed by atoms with van der Waals surface area (Å²) in [6.45, 7) is 0. The molecular weight excluding hydrogens is 160 g/mol. The van der Waals surface area contributed by atoms with Crippen LogP contribution in [0, 0.1) is 11.8 Å². The molecule has 5 nitrogen and oxygen atoms in total. The second kappa shape index (κ2) is 3.84. The van der Waals surface area contributed by atoms with Crippen LogP contribution in [0.1, 0.15) is 19.3 Å². The summed E-state index contributed by atoms with van der Waals surface area (Å²) in [4.78, 5) is 11.0. The molecule has 0 aromatic rings. The molecular formula is C7H14N2O3. The van der Waals surface area contributed by atoms with E-state index in [1.54, 1.807) is 0 Å². The number of rotatable bonds is 2. The van der Waals surface area contributed by atoms with Gasteiger partial charge >= 0.3 is 0 Å². The van der Waals surface area contributed by atoms with Gasteiger partial charge in [0, 0.05) is 11.8 Å². The van der Waals surface area contributed by atoms with Gasteiger partial charge in [-0.25, -0.2) is 5.84 Å². The molecule has 2 unspecified atom stereocenters. The van der Waals surface area contributed by atoms with Gasteiger partial charge in [0.2, 0.25) is 5.91 Å². The fourth-order valence-electron chi connectivity index (χ4n) is 1.64. The number of nitrogens with one attached hydrogen (secondary N) is 1. The molecule has 0 aromatic carbocycles. The molecule has 0 aliphatic heterocycles. The van der Waals surface area contributed by atoms with Gasteiger partial charge in [-0.05, 0) is 19.3 Å². The summed E-state index contributed by atoms with van der Waals surface area (Å²) in [6, 6.07) is 0. The molecule has 5 heteroatoms. The molecule has 5 N–H and O–H groups in total. The lowest BCUT2D eigenvalue weighted by Crippen LogP contribution is -2.35. The van der Waals surface area contributed by atoms with E-state index in [1.807, 2.05) is 0 Å². The second-order valence-corrected chi connectivity index (χ2v) is 3.19. The van der Waals surface area contributed by atoms with Crippen LogP contribution in [-0.2, 0) is 4.79 Å². The molecule has 70 valence electrons. The van der Waals surface area contributed by atoms with Crippen molar-refractivity contribution in [3.63, 3.8) is 0 Å². The number of hydrogen-bond donors (Lipinski definition) is 4. The second-order valence-electron chi connectivity index (χ2n) is 3.19. The smallest absolute Gasteiger partial charge is 0.236 e. The summed E-state index contributed by atoms with van der Waals surface area (Å²) in [5.41, 5.74) is 2.06. The summed E-state index contributed by atoms with van der Waals surface area (Å²) < 4.78 is 0. The highest BCUT2D eigenvalue weighted by atomic mass is 16.5. The van der Waals surface area contributed by atoms with Crippen LogP contribution in [0.2, 0.25) is 0 Å². The van der Waals surface area contributed by atoms with Crippen molar-refractivity contribution >= 4 is 5.91 Å². The van der Waals surface area contributed by atoms with Gasteiger partial charge in [0.05, 0.1) is 0 Å². The number of hydrogen-bond acceptors (Lipinski definition) is 4. The lowest BCUT2D eigenvalue weighted by Gasteiger charge is -2.11. The zero-order valence-corrected chi connectivity index (χ0v) is 6.73. The van der Waals surface area contributed by atoms with E-state index in [2.05, 4.69) is 5.43 Å². The van der Waals surface area contributed by atoms with E-state index < -0.39 is 6.29 Å². The number of hydrazine groups is 1. The molecule has 2 atom stereocenters. The molecule has 0 heterocycles. The minimum absolute atomic E-state index is 0.151. The van der Waals surface area contributed by atoms with Gasteiger partial charge in [-0.3, -0.25) is 10.2 Å². The first kappa shape index (κ1) is 9.44.